The lowest BCUT2D eigenvalue weighted by Crippen LogP contribution is -2.43. The zero-order valence-corrected chi connectivity index (χ0v) is 23.7. The second-order valence-electron chi connectivity index (χ2n) is 11.0. The van der Waals surface area contributed by atoms with Gasteiger partial charge in [-0.25, -0.2) is 4.79 Å². The van der Waals surface area contributed by atoms with Crippen LogP contribution in [0.5, 0.6) is 11.5 Å². The molecular weight excluding hydrogens is 480 g/mol. The van der Waals surface area contributed by atoms with E-state index in [4.69, 9.17) is 9.16 Å². The number of methoxy groups -OCH3 is 1. The van der Waals surface area contributed by atoms with Crippen molar-refractivity contribution in [2.45, 2.75) is 58.4 Å². The maximum atomic E-state index is 12.4. The SMILES string of the molecule is CCc1ccc2c(c1-c1ccc(O[Si](C)(C)C(C)(C)C)cc1)C(c1ccc(OC)cc1)=C(C(=O)O)C2O. The Kier molecular flexibility index (Phi) is 7.10. The third-order valence-electron chi connectivity index (χ3n) is 7.72. The number of hydrogen-bond acceptors (Lipinski definition) is 4. The Morgan fingerprint density at radius 1 is 0.892 bits per heavy atom. The largest absolute Gasteiger partial charge is 0.544 e. The van der Waals surface area contributed by atoms with Crippen LogP contribution in [0.15, 0.2) is 66.2 Å². The predicted molar refractivity (Wildman–Crippen MR) is 151 cm³/mol. The van der Waals surface area contributed by atoms with E-state index in [0.29, 0.717) is 16.9 Å². The van der Waals surface area contributed by atoms with Gasteiger partial charge in [-0.1, -0.05) is 64.1 Å². The number of aryl methyl sites for hydroxylation is 1. The highest BCUT2D eigenvalue weighted by molar-refractivity contribution is 6.74. The van der Waals surface area contributed by atoms with Gasteiger partial charge in [0.2, 0.25) is 8.32 Å². The van der Waals surface area contributed by atoms with Gasteiger partial charge in [0.15, 0.2) is 0 Å². The van der Waals surface area contributed by atoms with Gasteiger partial charge in [-0.2, -0.15) is 0 Å². The van der Waals surface area contributed by atoms with E-state index in [-0.39, 0.29) is 10.6 Å². The molecule has 0 aliphatic heterocycles. The highest BCUT2D eigenvalue weighted by atomic mass is 28.4. The Labute approximate surface area is 220 Å². The number of ether oxygens (including phenoxy) is 1. The highest BCUT2D eigenvalue weighted by Crippen LogP contribution is 2.49. The lowest BCUT2D eigenvalue weighted by atomic mass is 9.86. The van der Waals surface area contributed by atoms with E-state index in [2.05, 4.69) is 40.8 Å². The quantitative estimate of drug-likeness (QED) is 0.324. The van der Waals surface area contributed by atoms with Crippen molar-refractivity contribution in [3.63, 3.8) is 0 Å². The molecule has 0 spiro atoms. The molecule has 194 valence electrons. The molecule has 0 amide bonds. The van der Waals surface area contributed by atoms with Gasteiger partial charge in [0.1, 0.15) is 17.6 Å². The van der Waals surface area contributed by atoms with E-state index in [9.17, 15) is 15.0 Å². The first-order chi connectivity index (χ1) is 17.4. The number of fused-ring (bicyclic) bond motifs is 1. The van der Waals surface area contributed by atoms with Crippen LogP contribution >= 0.6 is 0 Å². The van der Waals surface area contributed by atoms with Gasteiger partial charge in [0, 0.05) is 5.57 Å². The smallest absolute Gasteiger partial charge is 0.335 e. The minimum absolute atomic E-state index is 0.00690. The van der Waals surface area contributed by atoms with Crippen molar-refractivity contribution in [2.24, 2.45) is 0 Å². The number of aliphatic hydroxyl groups is 1. The molecule has 6 heteroatoms. The maximum Gasteiger partial charge on any atom is 0.335 e. The molecule has 1 atom stereocenters. The van der Waals surface area contributed by atoms with E-state index < -0.39 is 20.4 Å². The summed E-state index contributed by atoms with van der Waals surface area (Å²) in [6.07, 6.45) is -0.449. The topological polar surface area (TPSA) is 76.0 Å². The fourth-order valence-corrected chi connectivity index (χ4v) is 5.66. The van der Waals surface area contributed by atoms with Crippen molar-refractivity contribution < 1.29 is 24.2 Å². The van der Waals surface area contributed by atoms with Gasteiger partial charge in [-0.05, 0) is 82.2 Å². The lowest BCUT2D eigenvalue weighted by molar-refractivity contribution is -0.133. The Morgan fingerprint density at radius 3 is 1.97 bits per heavy atom. The molecule has 0 radical (unpaired) electrons. The monoisotopic (exact) mass is 516 g/mol. The van der Waals surface area contributed by atoms with Gasteiger partial charge in [0.25, 0.3) is 0 Å². The molecular formula is C31H36O5Si. The number of benzene rings is 3. The van der Waals surface area contributed by atoms with Gasteiger partial charge in [-0.15, -0.1) is 0 Å². The van der Waals surface area contributed by atoms with Crippen LogP contribution in [0.2, 0.25) is 18.1 Å². The van der Waals surface area contributed by atoms with Crippen LogP contribution in [-0.2, 0) is 11.2 Å². The third-order valence-corrected chi connectivity index (χ3v) is 12.1. The van der Waals surface area contributed by atoms with Crippen LogP contribution in [0.25, 0.3) is 16.7 Å². The summed E-state index contributed by atoms with van der Waals surface area (Å²) >= 11 is 0. The lowest BCUT2D eigenvalue weighted by Gasteiger charge is -2.36. The summed E-state index contributed by atoms with van der Waals surface area (Å²) in [5.41, 5.74) is 5.63. The number of hydrogen-bond donors (Lipinski definition) is 2. The Hall–Kier alpha value is -3.35. The number of aliphatic carboxylic acids is 1. The normalized spacial score (nSPS) is 15.5. The fourth-order valence-electron chi connectivity index (χ4n) is 4.63. The third kappa shape index (κ3) is 4.83. The Bertz CT molecular complexity index is 1350. The van der Waals surface area contributed by atoms with Crippen molar-refractivity contribution in [3.8, 4) is 22.6 Å². The first-order valence-electron chi connectivity index (χ1n) is 12.6. The second-order valence-corrected chi connectivity index (χ2v) is 15.8. The molecule has 37 heavy (non-hydrogen) atoms. The van der Waals surface area contributed by atoms with E-state index in [1.54, 1.807) is 7.11 Å². The molecule has 0 heterocycles. The second kappa shape index (κ2) is 9.84. The summed E-state index contributed by atoms with van der Waals surface area (Å²) in [7, 11) is -0.394. The van der Waals surface area contributed by atoms with Crippen molar-refractivity contribution in [2.75, 3.05) is 7.11 Å². The maximum absolute atomic E-state index is 12.4. The molecule has 0 saturated carbocycles. The summed E-state index contributed by atoms with van der Waals surface area (Å²) in [5, 5.41) is 21.4. The summed E-state index contributed by atoms with van der Waals surface area (Å²) in [6, 6.07) is 19.2. The van der Waals surface area contributed by atoms with E-state index in [0.717, 1.165) is 40.0 Å². The van der Waals surface area contributed by atoms with Gasteiger partial charge in [0.05, 0.1) is 12.7 Å². The highest BCUT2D eigenvalue weighted by Gasteiger charge is 2.39. The van der Waals surface area contributed by atoms with Crippen LogP contribution in [0.4, 0.5) is 0 Å². The van der Waals surface area contributed by atoms with Crippen molar-refractivity contribution >= 4 is 19.9 Å². The standard InChI is InChI=1S/C31H36O5Si/c1-8-19-13-18-24-27(25(19)20-11-16-23(17-12-20)36-37(6,7)31(2,3)4)26(28(29(24)32)30(33)34)21-9-14-22(35-5)15-10-21/h9-18,29,32H,8H2,1-7H3,(H,33,34). The molecule has 5 nitrogen and oxygen atoms in total. The first kappa shape index (κ1) is 26.7. The molecule has 0 bridgehead atoms. The van der Waals surface area contributed by atoms with Gasteiger partial charge in [-0.3, -0.25) is 0 Å². The molecule has 4 rings (SSSR count). The molecule has 1 aliphatic carbocycles. The summed E-state index contributed by atoms with van der Waals surface area (Å²) < 4.78 is 11.8. The van der Waals surface area contributed by atoms with Crippen LogP contribution in [-0.4, -0.2) is 31.6 Å². The summed E-state index contributed by atoms with van der Waals surface area (Å²) in [6.45, 7) is 13.2. The Balaban J connectivity index is 1.89. The number of carboxylic acid groups (broad SMARTS) is 1. The average Bonchev–Trinajstić information content (AvgIpc) is 3.15. The number of carbonyl (C=O) groups is 1. The van der Waals surface area contributed by atoms with E-state index >= 15 is 0 Å². The fraction of sp³-hybridized carbons (Fsp3) is 0.323. The molecule has 0 fully saturated rings. The van der Waals surface area contributed by atoms with Crippen molar-refractivity contribution in [3.05, 3.63) is 88.5 Å². The molecule has 2 N–H and O–H groups in total. The van der Waals surface area contributed by atoms with Gasteiger partial charge < -0.3 is 19.4 Å². The average molecular weight is 517 g/mol. The summed E-state index contributed by atoms with van der Waals surface area (Å²) in [4.78, 5) is 12.4. The number of aliphatic hydroxyl groups excluding tert-OH is 1. The molecule has 0 saturated heterocycles. The molecule has 3 aromatic carbocycles. The molecule has 1 aliphatic rings. The van der Waals surface area contributed by atoms with Crippen LogP contribution in [0.3, 0.4) is 0 Å². The minimum Gasteiger partial charge on any atom is -0.544 e. The zero-order chi connectivity index (χ0) is 27.1. The van der Waals surface area contributed by atoms with Crippen molar-refractivity contribution in [1.82, 2.24) is 0 Å². The van der Waals surface area contributed by atoms with Crippen molar-refractivity contribution in [1.29, 1.82) is 0 Å². The number of rotatable bonds is 7. The number of carboxylic acids is 1. The molecule has 1 unspecified atom stereocenters. The molecule has 3 aromatic rings. The van der Waals surface area contributed by atoms with E-state index in [1.807, 2.05) is 60.7 Å². The predicted octanol–water partition coefficient (Wildman–Crippen LogP) is 7.24. The van der Waals surface area contributed by atoms with E-state index in [1.165, 1.54) is 0 Å². The van der Waals surface area contributed by atoms with Crippen LogP contribution in [0.1, 0.15) is 56.1 Å². The zero-order valence-electron chi connectivity index (χ0n) is 22.7. The first-order valence-corrected chi connectivity index (χ1v) is 15.6. The minimum atomic E-state index is -1.99. The summed E-state index contributed by atoms with van der Waals surface area (Å²) in [5.74, 6) is 0.384. The van der Waals surface area contributed by atoms with Gasteiger partial charge >= 0.3 is 5.97 Å². The molecule has 0 aromatic heterocycles. The van der Waals surface area contributed by atoms with Crippen LogP contribution < -0.4 is 9.16 Å². The van der Waals surface area contributed by atoms with Crippen LogP contribution in [0, 0.1) is 0 Å². The Morgan fingerprint density at radius 2 is 1.46 bits per heavy atom.